The molecule has 3 aromatic rings. The molecule has 1 atom stereocenters. The van der Waals surface area contributed by atoms with Crippen molar-refractivity contribution >= 4 is 0 Å². The quantitative estimate of drug-likeness (QED) is 0.768. The van der Waals surface area contributed by atoms with Gasteiger partial charge in [0.25, 0.3) is 0 Å². The van der Waals surface area contributed by atoms with Crippen molar-refractivity contribution in [2.45, 2.75) is 13.0 Å². The number of H-pyrrole nitrogens is 1. The lowest BCUT2D eigenvalue weighted by Crippen LogP contribution is -2.13. The minimum Gasteiger partial charge on any atom is -0.497 e. The minimum atomic E-state index is -0.371. The molecule has 0 bridgehead atoms. The summed E-state index contributed by atoms with van der Waals surface area (Å²) in [7, 11) is 1.63. The number of aromatic amines is 1. The second-order valence-electron chi connectivity index (χ2n) is 4.69. The van der Waals surface area contributed by atoms with E-state index in [2.05, 4.69) is 15.2 Å². The van der Waals surface area contributed by atoms with Gasteiger partial charge < -0.3 is 14.9 Å². The van der Waals surface area contributed by atoms with Crippen LogP contribution in [0.5, 0.6) is 5.75 Å². The van der Waals surface area contributed by atoms with Crippen LogP contribution in [-0.4, -0.2) is 22.3 Å². The molecule has 2 aromatic heterocycles. The molecule has 0 saturated heterocycles. The Morgan fingerprint density at radius 2 is 2.00 bits per heavy atom. The molecule has 0 radical (unpaired) electrons. The maximum absolute atomic E-state index is 6.21. The number of ether oxygens (including phenoxy) is 1. The van der Waals surface area contributed by atoms with Crippen molar-refractivity contribution in [1.29, 1.82) is 0 Å². The molecule has 6 heteroatoms. The SMILES string of the molecule is COc1ccc([C@H](N)c2nc(-c3ccoc3C)n[nH]2)cc1. The third kappa shape index (κ3) is 2.53. The highest BCUT2D eigenvalue weighted by Gasteiger charge is 2.16. The summed E-state index contributed by atoms with van der Waals surface area (Å²) in [5.74, 6) is 2.76. The fourth-order valence-corrected chi connectivity index (χ4v) is 2.12. The third-order valence-electron chi connectivity index (χ3n) is 3.37. The fraction of sp³-hybridized carbons (Fsp3) is 0.200. The lowest BCUT2D eigenvalue weighted by atomic mass is 10.1. The van der Waals surface area contributed by atoms with Gasteiger partial charge in [0.05, 0.1) is 25.0 Å². The number of nitrogens with one attached hydrogen (secondary N) is 1. The molecule has 0 aliphatic carbocycles. The van der Waals surface area contributed by atoms with E-state index in [1.54, 1.807) is 13.4 Å². The first-order valence-corrected chi connectivity index (χ1v) is 6.55. The van der Waals surface area contributed by atoms with Crippen molar-refractivity contribution in [3.05, 3.63) is 53.7 Å². The summed E-state index contributed by atoms with van der Waals surface area (Å²) < 4.78 is 10.4. The molecule has 0 fully saturated rings. The molecule has 0 unspecified atom stereocenters. The fourth-order valence-electron chi connectivity index (χ4n) is 2.12. The molecule has 3 rings (SSSR count). The van der Waals surface area contributed by atoms with Gasteiger partial charge in [-0.15, -0.1) is 0 Å². The molecule has 3 N–H and O–H groups in total. The monoisotopic (exact) mass is 284 g/mol. The highest BCUT2D eigenvalue weighted by molar-refractivity contribution is 5.56. The van der Waals surface area contributed by atoms with Crippen molar-refractivity contribution in [3.8, 4) is 17.1 Å². The van der Waals surface area contributed by atoms with Crippen LogP contribution >= 0.6 is 0 Å². The predicted molar refractivity (Wildman–Crippen MR) is 77.8 cm³/mol. The Morgan fingerprint density at radius 1 is 1.24 bits per heavy atom. The Bertz CT molecular complexity index is 730. The number of rotatable bonds is 4. The van der Waals surface area contributed by atoms with E-state index in [1.165, 1.54) is 0 Å². The number of aryl methyl sites for hydroxylation is 1. The molecular formula is C15H16N4O2. The number of nitrogens with zero attached hydrogens (tertiary/aromatic N) is 2. The molecule has 0 spiro atoms. The van der Waals surface area contributed by atoms with Gasteiger partial charge in [0.2, 0.25) is 0 Å². The smallest absolute Gasteiger partial charge is 0.184 e. The summed E-state index contributed by atoms with van der Waals surface area (Å²) >= 11 is 0. The second-order valence-corrected chi connectivity index (χ2v) is 4.69. The number of hydrogen-bond acceptors (Lipinski definition) is 5. The number of benzene rings is 1. The number of aromatic nitrogens is 3. The Hall–Kier alpha value is -2.60. The molecular weight excluding hydrogens is 268 g/mol. The van der Waals surface area contributed by atoms with E-state index in [1.807, 2.05) is 37.3 Å². The van der Waals surface area contributed by atoms with E-state index in [4.69, 9.17) is 14.9 Å². The van der Waals surface area contributed by atoms with E-state index < -0.39 is 0 Å². The second kappa shape index (κ2) is 5.41. The number of methoxy groups -OCH3 is 1. The van der Waals surface area contributed by atoms with Crippen LogP contribution in [0.3, 0.4) is 0 Å². The van der Waals surface area contributed by atoms with Crippen LogP contribution in [0, 0.1) is 6.92 Å². The van der Waals surface area contributed by atoms with Gasteiger partial charge in [0, 0.05) is 0 Å². The minimum absolute atomic E-state index is 0.371. The van der Waals surface area contributed by atoms with Gasteiger partial charge in [0.1, 0.15) is 17.3 Å². The number of furan rings is 1. The summed E-state index contributed by atoms with van der Waals surface area (Å²) in [4.78, 5) is 4.45. The Labute approximate surface area is 122 Å². The van der Waals surface area contributed by atoms with Gasteiger partial charge in [0.15, 0.2) is 5.82 Å². The number of nitrogens with two attached hydrogens (primary N) is 1. The van der Waals surface area contributed by atoms with Crippen molar-refractivity contribution in [1.82, 2.24) is 15.2 Å². The maximum atomic E-state index is 6.21. The maximum Gasteiger partial charge on any atom is 0.184 e. The van der Waals surface area contributed by atoms with E-state index in [0.717, 1.165) is 22.6 Å². The lowest BCUT2D eigenvalue weighted by molar-refractivity contribution is 0.414. The highest BCUT2D eigenvalue weighted by atomic mass is 16.5. The Kier molecular flexibility index (Phi) is 3.45. The lowest BCUT2D eigenvalue weighted by Gasteiger charge is -2.09. The first-order chi connectivity index (χ1) is 10.2. The zero-order chi connectivity index (χ0) is 14.8. The predicted octanol–water partition coefficient (Wildman–Crippen LogP) is 2.43. The van der Waals surface area contributed by atoms with E-state index >= 15 is 0 Å². The summed E-state index contributed by atoms with van der Waals surface area (Å²) in [6.45, 7) is 1.87. The van der Waals surface area contributed by atoms with Crippen molar-refractivity contribution in [2.75, 3.05) is 7.11 Å². The summed E-state index contributed by atoms with van der Waals surface area (Å²) in [6.07, 6.45) is 1.62. The first-order valence-electron chi connectivity index (χ1n) is 6.55. The molecule has 0 saturated carbocycles. The molecule has 1 aromatic carbocycles. The van der Waals surface area contributed by atoms with E-state index in [0.29, 0.717) is 11.6 Å². The highest BCUT2D eigenvalue weighted by Crippen LogP contribution is 2.24. The zero-order valence-corrected chi connectivity index (χ0v) is 11.8. The van der Waals surface area contributed by atoms with Crippen LogP contribution in [-0.2, 0) is 0 Å². The average Bonchev–Trinajstić information content (AvgIpc) is 3.15. The van der Waals surface area contributed by atoms with Gasteiger partial charge >= 0.3 is 0 Å². The summed E-state index contributed by atoms with van der Waals surface area (Å²) in [6, 6.07) is 9.02. The number of hydrogen-bond donors (Lipinski definition) is 2. The van der Waals surface area contributed by atoms with Crippen LogP contribution in [0.25, 0.3) is 11.4 Å². The molecule has 21 heavy (non-hydrogen) atoms. The van der Waals surface area contributed by atoms with Crippen molar-refractivity contribution < 1.29 is 9.15 Å². The largest absolute Gasteiger partial charge is 0.497 e. The topological polar surface area (TPSA) is 90.0 Å². The van der Waals surface area contributed by atoms with Gasteiger partial charge in [-0.3, -0.25) is 5.10 Å². The third-order valence-corrected chi connectivity index (χ3v) is 3.37. The van der Waals surface area contributed by atoms with Crippen molar-refractivity contribution in [2.24, 2.45) is 5.73 Å². The Morgan fingerprint density at radius 3 is 2.62 bits per heavy atom. The Balaban J connectivity index is 1.86. The molecule has 0 aliphatic heterocycles. The van der Waals surface area contributed by atoms with E-state index in [9.17, 15) is 0 Å². The molecule has 0 amide bonds. The first kappa shape index (κ1) is 13.4. The summed E-state index contributed by atoms with van der Waals surface area (Å²) in [5.41, 5.74) is 8.01. The van der Waals surface area contributed by atoms with Crippen molar-refractivity contribution in [3.63, 3.8) is 0 Å². The van der Waals surface area contributed by atoms with Crippen LogP contribution < -0.4 is 10.5 Å². The van der Waals surface area contributed by atoms with E-state index in [-0.39, 0.29) is 6.04 Å². The van der Waals surface area contributed by atoms with Gasteiger partial charge in [-0.25, -0.2) is 4.98 Å². The molecule has 2 heterocycles. The van der Waals surface area contributed by atoms with Gasteiger partial charge in [-0.05, 0) is 30.7 Å². The standard InChI is InChI=1S/C15H16N4O2/c1-9-12(7-8-21-9)14-17-15(19-18-14)13(16)10-3-5-11(20-2)6-4-10/h3-8,13H,16H2,1-2H3,(H,17,18,19)/t13-/m0/s1. The van der Waals surface area contributed by atoms with Crippen LogP contribution in [0.2, 0.25) is 0 Å². The molecule has 6 nitrogen and oxygen atoms in total. The zero-order valence-electron chi connectivity index (χ0n) is 11.8. The summed E-state index contributed by atoms with van der Waals surface area (Å²) in [5, 5.41) is 7.09. The van der Waals surface area contributed by atoms with Crippen LogP contribution in [0.4, 0.5) is 0 Å². The molecule has 0 aliphatic rings. The van der Waals surface area contributed by atoms with Crippen LogP contribution in [0.15, 0.2) is 41.0 Å². The van der Waals surface area contributed by atoms with Gasteiger partial charge in [-0.2, -0.15) is 5.10 Å². The van der Waals surface area contributed by atoms with Gasteiger partial charge in [-0.1, -0.05) is 12.1 Å². The van der Waals surface area contributed by atoms with Crippen LogP contribution in [0.1, 0.15) is 23.2 Å². The molecule has 108 valence electrons. The average molecular weight is 284 g/mol. The normalized spacial score (nSPS) is 12.3.